The fourth-order valence-electron chi connectivity index (χ4n) is 3.89. The van der Waals surface area contributed by atoms with Crippen molar-refractivity contribution in [3.05, 3.63) is 23.3 Å². The van der Waals surface area contributed by atoms with E-state index in [-0.39, 0.29) is 36.1 Å². The minimum absolute atomic E-state index is 0.0345. The summed E-state index contributed by atoms with van der Waals surface area (Å²) in [6, 6.07) is 3.11. The number of carbonyl (C=O) groups is 3. The molecule has 1 aliphatic carbocycles. The smallest absolute Gasteiger partial charge is 0.434 e. The Balaban J connectivity index is 1.52. The van der Waals surface area contributed by atoms with Crippen LogP contribution in [-0.2, 0) is 9.59 Å². The normalized spacial score (nSPS) is 26.1. The predicted octanol–water partition coefficient (Wildman–Crippen LogP) is -1.05. The van der Waals surface area contributed by atoms with Gasteiger partial charge in [0.15, 0.2) is 5.54 Å². The van der Waals surface area contributed by atoms with Gasteiger partial charge in [-0.05, 0) is 24.5 Å². The van der Waals surface area contributed by atoms with Crippen molar-refractivity contribution in [2.75, 3.05) is 13.1 Å². The Bertz CT molecular complexity index is 926. The molecule has 29 heavy (non-hydrogen) atoms. The SMILES string of the molecule is C[C@](N)(C(=O)O)C(=O)N1CC(Oc2ccc3c(c2C(=O)O)O[B-](O)(O)[C@@H]2C[C@H]32)C1. The number of nitrogens with two attached hydrogens (primary N) is 1. The summed E-state index contributed by atoms with van der Waals surface area (Å²) in [5, 5.41) is 38.8. The van der Waals surface area contributed by atoms with Gasteiger partial charge in [-0.1, -0.05) is 18.3 Å². The number of amides is 1. The van der Waals surface area contributed by atoms with Gasteiger partial charge in [0.2, 0.25) is 0 Å². The molecular formula is C17H20BN2O9-. The number of likely N-dealkylation sites (tertiary alicyclic amines) is 1. The lowest BCUT2D eigenvalue weighted by Gasteiger charge is -2.42. The molecule has 6 N–H and O–H groups in total. The molecule has 12 heteroatoms. The van der Waals surface area contributed by atoms with Crippen LogP contribution < -0.4 is 15.1 Å². The minimum atomic E-state index is -3.15. The van der Waals surface area contributed by atoms with Crippen molar-refractivity contribution in [1.29, 1.82) is 0 Å². The van der Waals surface area contributed by atoms with Gasteiger partial charge in [-0.3, -0.25) is 4.79 Å². The molecule has 4 rings (SSSR count). The van der Waals surface area contributed by atoms with E-state index in [1.165, 1.54) is 11.0 Å². The number of carboxylic acids is 2. The quantitative estimate of drug-likeness (QED) is 0.299. The van der Waals surface area contributed by atoms with Gasteiger partial charge in [0, 0.05) is 0 Å². The van der Waals surface area contributed by atoms with E-state index in [1.54, 1.807) is 6.07 Å². The molecule has 1 aromatic carbocycles. The second kappa shape index (κ2) is 6.08. The second-order valence-electron chi connectivity index (χ2n) is 8.00. The van der Waals surface area contributed by atoms with E-state index >= 15 is 0 Å². The zero-order valence-corrected chi connectivity index (χ0v) is 15.4. The third-order valence-corrected chi connectivity index (χ3v) is 5.77. The van der Waals surface area contributed by atoms with Gasteiger partial charge in [0.25, 0.3) is 5.91 Å². The maximum absolute atomic E-state index is 12.2. The Morgan fingerprint density at radius 3 is 2.52 bits per heavy atom. The first-order chi connectivity index (χ1) is 13.4. The molecule has 0 bridgehead atoms. The number of carbonyl (C=O) groups excluding carboxylic acids is 1. The average molecular weight is 407 g/mol. The Hall–Kier alpha value is -2.83. The van der Waals surface area contributed by atoms with Crippen molar-refractivity contribution in [3.8, 4) is 11.5 Å². The number of nitrogens with zero attached hydrogens (tertiary/aromatic N) is 1. The zero-order chi connectivity index (χ0) is 21.3. The van der Waals surface area contributed by atoms with Crippen molar-refractivity contribution in [1.82, 2.24) is 4.90 Å². The number of rotatable bonds is 5. The number of aromatic carboxylic acids is 1. The number of hydrogen-bond acceptors (Lipinski definition) is 8. The third kappa shape index (κ3) is 3.00. The molecule has 156 valence electrons. The highest BCUT2D eigenvalue weighted by molar-refractivity contribution is 6.62. The number of aliphatic carboxylic acids is 1. The van der Waals surface area contributed by atoms with Crippen LogP contribution in [0.15, 0.2) is 12.1 Å². The summed E-state index contributed by atoms with van der Waals surface area (Å²) in [4.78, 5) is 36.3. The highest BCUT2D eigenvalue weighted by Gasteiger charge is 2.55. The van der Waals surface area contributed by atoms with Crippen LogP contribution in [0.5, 0.6) is 11.5 Å². The zero-order valence-electron chi connectivity index (χ0n) is 15.4. The molecule has 11 nitrogen and oxygen atoms in total. The van der Waals surface area contributed by atoms with Crippen molar-refractivity contribution in [2.45, 2.75) is 36.7 Å². The summed E-state index contributed by atoms with van der Waals surface area (Å²) in [5.41, 5.74) is 3.73. The Kier molecular flexibility index (Phi) is 4.09. The second-order valence-corrected chi connectivity index (χ2v) is 8.00. The van der Waals surface area contributed by atoms with Crippen LogP contribution in [0, 0.1) is 0 Å². The first-order valence-corrected chi connectivity index (χ1v) is 9.10. The third-order valence-electron chi connectivity index (χ3n) is 5.77. The van der Waals surface area contributed by atoms with Crippen LogP contribution in [0.3, 0.4) is 0 Å². The fraction of sp³-hybridized carbons (Fsp3) is 0.471. The first-order valence-electron chi connectivity index (χ1n) is 9.10. The van der Waals surface area contributed by atoms with Gasteiger partial charge in [0.05, 0.1) is 18.8 Å². The van der Waals surface area contributed by atoms with Crippen LogP contribution in [0.4, 0.5) is 0 Å². The number of hydrogen-bond donors (Lipinski definition) is 5. The molecule has 1 saturated heterocycles. The summed E-state index contributed by atoms with van der Waals surface area (Å²) < 4.78 is 10.9. The molecule has 3 atom stereocenters. The Morgan fingerprint density at radius 2 is 1.93 bits per heavy atom. The van der Waals surface area contributed by atoms with E-state index in [0.29, 0.717) is 12.0 Å². The number of benzene rings is 1. The van der Waals surface area contributed by atoms with Crippen molar-refractivity contribution in [2.24, 2.45) is 5.73 Å². The van der Waals surface area contributed by atoms with E-state index in [1.807, 2.05) is 0 Å². The van der Waals surface area contributed by atoms with Crippen molar-refractivity contribution >= 4 is 24.6 Å². The van der Waals surface area contributed by atoms with Crippen LogP contribution >= 0.6 is 0 Å². The van der Waals surface area contributed by atoms with E-state index in [4.69, 9.17) is 20.2 Å². The molecule has 0 spiro atoms. The van der Waals surface area contributed by atoms with E-state index in [2.05, 4.69) is 0 Å². The topological polar surface area (TPSA) is 180 Å². The predicted molar refractivity (Wildman–Crippen MR) is 96.6 cm³/mol. The van der Waals surface area contributed by atoms with Crippen molar-refractivity contribution in [3.63, 3.8) is 0 Å². The average Bonchev–Trinajstić information content (AvgIpc) is 3.37. The molecule has 1 saturated carbocycles. The van der Waals surface area contributed by atoms with Crippen LogP contribution in [0.1, 0.15) is 35.2 Å². The van der Waals surface area contributed by atoms with Gasteiger partial charge in [-0.2, -0.15) is 0 Å². The largest absolute Gasteiger partial charge is 0.669 e. The molecule has 0 unspecified atom stereocenters. The standard InChI is InChI=1S/C17H20BN2O9/c1-17(19,16(24)25)15(23)20-5-7(6-20)28-11-3-2-8-9-4-10(9)18(26,27)29-13(8)12(11)14(21)22/h2-3,7,9-10,26-27H,4-6,19H2,1H3,(H,21,22)(H,24,25)/q-1/t9-,10-,17-/m1/s1. The van der Waals surface area contributed by atoms with Crippen LogP contribution in [-0.4, -0.2) is 74.5 Å². The number of fused-ring (bicyclic) bond motifs is 3. The molecule has 1 aromatic rings. The van der Waals surface area contributed by atoms with Gasteiger partial charge in [-0.25, -0.2) is 9.59 Å². The molecule has 0 radical (unpaired) electrons. The molecule has 2 heterocycles. The molecular weight excluding hydrogens is 387 g/mol. The number of ether oxygens (including phenoxy) is 1. The molecule has 0 aromatic heterocycles. The van der Waals surface area contributed by atoms with Crippen LogP contribution in [0.25, 0.3) is 0 Å². The summed E-state index contributed by atoms with van der Waals surface area (Å²) in [7, 11) is 0. The maximum Gasteiger partial charge on any atom is 0.434 e. The lowest BCUT2D eigenvalue weighted by Crippen LogP contribution is -2.66. The first kappa shape index (κ1) is 19.5. The summed E-state index contributed by atoms with van der Waals surface area (Å²) in [5.74, 6) is -4.35. The molecule has 3 aliphatic rings. The van der Waals surface area contributed by atoms with Crippen molar-refractivity contribution < 1.29 is 44.0 Å². The van der Waals surface area contributed by atoms with E-state index < -0.39 is 42.1 Å². The molecule has 2 fully saturated rings. The summed E-state index contributed by atoms with van der Waals surface area (Å²) in [6.07, 6.45) is -0.0732. The maximum atomic E-state index is 12.2. The Labute approximate surface area is 164 Å². The highest BCUT2D eigenvalue weighted by Crippen LogP contribution is 2.63. The van der Waals surface area contributed by atoms with Gasteiger partial charge >= 0.3 is 18.7 Å². The molecule has 2 aliphatic heterocycles. The van der Waals surface area contributed by atoms with Gasteiger partial charge in [0.1, 0.15) is 17.4 Å². The lowest BCUT2D eigenvalue weighted by atomic mass is 9.68. The van der Waals surface area contributed by atoms with E-state index in [9.17, 15) is 29.5 Å². The summed E-state index contributed by atoms with van der Waals surface area (Å²) >= 11 is 0. The fourth-order valence-corrected chi connectivity index (χ4v) is 3.89. The summed E-state index contributed by atoms with van der Waals surface area (Å²) in [6.45, 7) is -1.98. The minimum Gasteiger partial charge on any atom is -0.669 e. The van der Waals surface area contributed by atoms with Crippen LogP contribution in [0.2, 0.25) is 5.82 Å². The number of carboxylic acid groups (broad SMARTS) is 2. The highest BCUT2D eigenvalue weighted by atomic mass is 16.6. The van der Waals surface area contributed by atoms with Gasteiger partial charge in [-0.15, -0.1) is 0 Å². The monoisotopic (exact) mass is 407 g/mol. The van der Waals surface area contributed by atoms with Gasteiger partial charge < -0.3 is 40.3 Å². The Morgan fingerprint density at radius 1 is 1.28 bits per heavy atom. The van der Waals surface area contributed by atoms with E-state index in [0.717, 1.165) is 6.92 Å². The molecule has 1 amide bonds. The lowest BCUT2D eigenvalue weighted by molar-refractivity contribution is -0.157.